The molecule has 2 unspecified atom stereocenters. The van der Waals surface area contributed by atoms with Crippen molar-refractivity contribution in [2.24, 2.45) is 11.5 Å². The molecule has 10 nitrogen and oxygen atoms in total. The molecule has 1 saturated heterocycles. The van der Waals surface area contributed by atoms with Crippen LogP contribution in [0.4, 0.5) is 0 Å². The Morgan fingerprint density at radius 2 is 1.83 bits per heavy atom. The van der Waals surface area contributed by atoms with Gasteiger partial charge in [0, 0.05) is 6.54 Å². The molecule has 30 heavy (non-hydrogen) atoms. The zero-order valence-electron chi connectivity index (χ0n) is 16.3. The van der Waals surface area contributed by atoms with Crippen molar-refractivity contribution in [3.63, 3.8) is 0 Å². The Kier molecular flexibility index (Phi) is 9.70. The molecule has 0 spiro atoms. The molecule has 0 aliphatic carbocycles. The molecule has 3 amide bonds. The number of rotatable bonds is 9. The molecule has 2 rings (SSSR count). The molecule has 1 aliphatic rings. The number of aliphatic hydroxyl groups excluding tert-OH is 1. The van der Waals surface area contributed by atoms with Crippen LogP contribution < -0.4 is 16.8 Å². The van der Waals surface area contributed by atoms with Gasteiger partial charge in [-0.3, -0.25) is 14.4 Å². The second-order valence-corrected chi connectivity index (χ2v) is 7.05. The highest BCUT2D eigenvalue weighted by Gasteiger charge is 2.39. The topological polar surface area (TPSA) is 176 Å². The van der Waals surface area contributed by atoms with Crippen molar-refractivity contribution in [3.8, 4) is 0 Å². The number of primary amides is 1. The van der Waals surface area contributed by atoms with E-state index in [1.54, 1.807) is 30.3 Å². The molecule has 4 atom stereocenters. The van der Waals surface area contributed by atoms with Crippen LogP contribution in [-0.4, -0.2) is 69.6 Å². The van der Waals surface area contributed by atoms with Crippen LogP contribution in [-0.2, 0) is 25.6 Å². The number of likely N-dealkylation sites (tertiary alicyclic amines) is 1. The minimum absolute atomic E-state index is 0. The molecule has 1 aromatic carbocycles. The lowest BCUT2D eigenvalue weighted by Crippen LogP contribution is -2.57. The number of aliphatic hydroxyl groups is 1. The molecular formula is C19H27ClN4O6. The van der Waals surface area contributed by atoms with Crippen molar-refractivity contribution in [3.05, 3.63) is 35.9 Å². The molecule has 1 aliphatic heterocycles. The van der Waals surface area contributed by atoms with E-state index in [-0.39, 0.29) is 31.8 Å². The first-order valence-electron chi connectivity index (χ1n) is 9.30. The maximum Gasteiger partial charge on any atom is 0.326 e. The summed E-state index contributed by atoms with van der Waals surface area (Å²) in [7, 11) is 0. The Hall–Kier alpha value is -2.69. The molecule has 166 valence electrons. The fourth-order valence-electron chi connectivity index (χ4n) is 3.34. The number of nitrogens with two attached hydrogens (primary N) is 2. The smallest absolute Gasteiger partial charge is 0.326 e. The molecule has 1 heterocycles. The van der Waals surface area contributed by atoms with Crippen molar-refractivity contribution in [2.75, 3.05) is 6.54 Å². The molecule has 0 radical (unpaired) electrons. The quantitative estimate of drug-likeness (QED) is 0.318. The van der Waals surface area contributed by atoms with E-state index in [0.717, 1.165) is 10.5 Å². The van der Waals surface area contributed by atoms with Gasteiger partial charge in [0.25, 0.3) is 5.91 Å². The second kappa shape index (κ2) is 11.5. The van der Waals surface area contributed by atoms with Gasteiger partial charge in [-0.05, 0) is 24.8 Å². The van der Waals surface area contributed by atoms with Crippen molar-refractivity contribution in [1.82, 2.24) is 10.2 Å². The van der Waals surface area contributed by atoms with Gasteiger partial charge in [-0.1, -0.05) is 30.3 Å². The molecule has 11 heteroatoms. The number of hydrogen-bond acceptors (Lipinski definition) is 6. The third-order valence-electron chi connectivity index (χ3n) is 4.84. The van der Waals surface area contributed by atoms with E-state index in [9.17, 15) is 29.4 Å². The van der Waals surface area contributed by atoms with Gasteiger partial charge >= 0.3 is 5.97 Å². The van der Waals surface area contributed by atoms with Gasteiger partial charge in [0.1, 0.15) is 6.04 Å². The first-order valence-corrected chi connectivity index (χ1v) is 9.30. The predicted octanol–water partition coefficient (Wildman–Crippen LogP) is -1.23. The number of carboxylic acid groups (broad SMARTS) is 1. The third-order valence-corrected chi connectivity index (χ3v) is 4.84. The number of aliphatic carboxylic acids is 1. The van der Waals surface area contributed by atoms with Crippen molar-refractivity contribution in [2.45, 2.75) is 49.9 Å². The van der Waals surface area contributed by atoms with E-state index in [1.807, 2.05) is 0 Å². The van der Waals surface area contributed by atoms with Gasteiger partial charge in [0.15, 0.2) is 6.10 Å². The predicted molar refractivity (Wildman–Crippen MR) is 109 cm³/mol. The van der Waals surface area contributed by atoms with Gasteiger partial charge in [-0.15, -0.1) is 12.4 Å². The summed E-state index contributed by atoms with van der Waals surface area (Å²) in [6.45, 7) is 0.208. The molecule has 0 saturated carbocycles. The Morgan fingerprint density at radius 1 is 1.20 bits per heavy atom. The summed E-state index contributed by atoms with van der Waals surface area (Å²) >= 11 is 0. The highest BCUT2D eigenvalue weighted by molar-refractivity contribution is 5.90. The van der Waals surface area contributed by atoms with E-state index < -0.39 is 47.9 Å². The number of nitrogens with zero attached hydrogens (tertiary/aromatic N) is 1. The normalized spacial score (nSPS) is 18.6. The van der Waals surface area contributed by atoms with Crippen molar-refractivity contribution < 1.29 is 29.4 Å². The van der Waals surface area contributed by atoms with Crippen LogP contribution in [0.15, 0.2) is 30.3 Å². The average Bonchev–Trinajstić information content (AvgIpc) is 3.16. The Bertz CT molecular complexity index is 763. The summed E-state index contributed by atoms with van der Waals surface area (Å²) in [5.41, 5.74) is 11.4. The number of carbonyl (C=O) groups is 4. The highest BCUT2D eigenvalue weighted by Crippen LogP contribution is 2.20. The van der Waals surface area contributed by atoms with Crippen LogP contribution in [0.1, 0.15) is 24.8 Å². The SMILES string of the molecule is Cl.NC(=O)C[C@H](N)C(=O)NC(Cc1ccccc1)C(O)C(=O)N1CCC[C@H]1C(=O)O. The zero-order chi connectivity index (χ0) is 21.6. The standard InChI is InChI=1S/C19H26N4O6.ClH/c20-12(10-15(21)24)17(26)22-13(9-11-5-2-1-3-6-11)16(25)18(27)23-8-4-7-14(23)19(28)29;/h1-3,5-6,12-14,16,25H,4,7-10,20H2,(H2,21,24)(H,22,26)(H,28,29);1H/t12-,13?,14-,16?;/m0./s1. The molecule has 7 N–H and O–H groups in total. The zero-order valence-corrected chi connectivity index (χ0v) is 17.1. The summed E-state index contributed by atoms with van der Waals surface area (Å²) in [5, 5.41) is 22.5. The largest absolute Gasteiger partial charge is 0.480 e. The monoisotopic (exact) mass is 442 g/mol. The number of carbonyl (C=O) groups excluding carboxylic acids is 3. The summed E-state index contributed by atoms with van der Waals surface area (Å²) in [4.78, 5) is 48.6. The lowest BCUT2D eigenvalue weighted by molar-refractivity contribution is -0.153. The second-order valence-electron chi connectivity index (χ2n) is 7.05. The van der Waals surface area contributed by atoms with Gasteiger partial charge in [-0.2, -0.15) is 0 Å². The van der Waals surface area contributed by atoms with E-state index >= 15 is 0 Å². The number of halogens is 1. The van der Waals surface area contributed by atoms with E-state index in [0.29, 0.717) is 12.8 Å². The van der Waals surface area contributed by atoms with Crippen LogP contribution in [0.5, 0.6) is 0 Å². The molecule has 0 aromatic heterocycles. The number of amides is 3. The van der Waals surface area contributed by atoms with Crippen LogP contribution in [0, 0.1) is 0 Å². The summed E-state index contributed by atoms with van der Waals surface area (Å²) in [5.74, 6) is -3.42. The Morgan fingerprint density at radius 3 is 2.40 bits per heavy atom. The van der Waals surface area contributed by atoms with Gasteiger partial charge in [0.2, 0.25) is 11.8 Å². The molecule has 1 fully saturated rings. The summed E-state index contributed by atoms with van der Waals surface area (Å²) in [6, 6.07) is 5.54. The maximum atomic E-state index is 12.8. The number of benzene rings is 1. The fraction of sp³-hybridized carbons (Fsp3) is 0.474. The fourth-order valence-corrected chi connectivity index (χ4v) is 3.34. The lowest BCUT2D eigenvalue weighted by Gasteiger charge is -2.30. The van der Waals surface area contributed by atoms with E-state index in [1.165, 1.54) is 0 Å². The minimum atomic E-state index is -1.68. The number of carboxylic acids is 1. The van der Waals surface area contributed by atoms with Crippen LogP contribution in [0.2, 0.25) is 0 Å². The first-order chi connectivity index (χ1) is 13.7. The van der Waals surface area contributed by atoms with Gasteiger partial charge in [0.05, 0.1) is 18.5 Å². The molecule has 0 bridgehead atoms. The van der Waals surface area contributed by atoms with E-state index in [4.69, 9.17) is 11.5 Å². The van der Waals surface area contributed by atoms with Crippen LogP contribution >= 0.6 is 12.4 Å². The minimum Gasteiger partial charge on any atom is -0.480 e. The average molecular weight is 443 g/mol. The number of nitrogens with one attached hydrogen (secondary N) is 1. The number of hydrogen-bond donors (Lipinski definition) is 5. The Balaban J connectivity index is 0.00000450. The summed E-state index contributed by atoms with van der Waals surface area (Å²) < 4.78 is 0. The van der Waals surface area contributed by atoms with Gasteiger partial charge in [-0.25, -0.2) is 4.79 Å². The molecular weight excluding hydrogens is 416 g/mol. The molecule has 1 aromatic rings. The van der Waals surface area contributed by atoms with Crippen molar-refractivity contribution in [1.29, 1.82) is 0 Å². The van der Waals surface area contributed by atoms with Crippen molar-refractivity contribution >= 4 is 36.1 Å². The van der Waals surface area contributed by atoms with Gasteiger partial charge < -0.3 is 31.9 Å². The summed E-state index contributed by atoms with van der Waals surface area (Å²) in [6.07, 6.45) is -1.16. The third kappa shape index (κ3) is 6.68. The Labute approximate surface area is 180 Å². The first kappa shape index (κ1) is 25.3. The maximum absolute atomic E-state index is 12.8. The van der Waals surface area contributed by atoms with Crippen LogP contribution in [0.3, 0.4) is 0 Å². The lowest BCUT2D eigenvalue weighted by atomic mass is 9.99. The van der Waals surface area contributed by atoms with Crippen LogP contribution in [0.25, 0.3) is 0 Å². The van der Waals surface area contributed by atoms with E-state index in [2.05, 4.69) is 5.32 Å². The highest BCUT2D eigenvalue weighted by atomic mass is 35.5.